The molecule has 6 nitrogen and oxygen atoms in total. The minimum atomic E-state index is -0.967. The first-order valence-corrected chi connectivity index (χ1v) is 14.9. The van der Waals surface area contributed by atoms with Gasteiger partial charge in [-0.1, -0.05) is 84.9 Å². The molecule has 0 aliphatic heterocycles. The van der Waals surface area contributed by atoms with E-state index < -0.39 is 11.9 Å². The molecule has 4 rings (SSSR count). The van der Waals surface area contributed by atoms with Gasteiger partial charge in [0.2, 0.25) is 5.91 Å². The molecule has 0 spiro atoms. The van der Waals surface area contributed by atoms with Gasteiger partial charge in [0.05, 0.1) is 28.4 Å². The second-order valence-corrected chi connectivity index (χ2v) is 11.6. The van der Waals surface area contributed by atoms with Crippen LogP contribution < -0.4 is 10.6 Å². The number of amides is 2. The van der Waals surface area contributed by atoms with E-state index in [1.807, 2.05) is 25.1 Å². The summed E-state index contributed by atoms with van der Waals surface area (Å²) in [5, 5.41) is 15.4. The third kappa shape index (κ3) is 8.57. The summed E-state index contributed by atoms with van der Waals surface area (Å²) in [5.41, 5.74) is 4.46. The third-order valence-electron chi connectivity index (χ3n) is 7.81. The van der Waals surface area contributed by atoms with Crippen LogP contribution in [0.25, 0.3) is 0 Å². The van der Waals surface area contributed by atoms with Gasteiger partial charge in [0.25, 0.3) is 5.91 Å². The molecule has 3 aromatic carbocycles. The summed E-state index contributed by atoms with van der Waals surface area (Å²) >= 11 is 12.3. The van der Waals surface area contributed by atoms with Gasteiger partial charge in [-0.25, -0.2) is 0 Å². The molecule has 3 aromatic rings. The van der Waals surface area contributed by atoms with Crippen LogP contribution in [0.2, 0.25) is 10.0 Å². The Kier molecular flexibility index (Phi) is 10.8. The van der Waals surface area contributed by atoms with Gasteiger partial charge in [-0.15, -0.1) is 0 Å². The number of carbonyl (C=O) groups is 3. The van der Waals surface area contributed by atoms with Crippen molar-refractivity contribution in [1.82, 2.24) is 10.6 Å². The van der Waals surface area contributed by atoms with Gasteiger partial charge in [-0.3, -0.25) is 14.4 Å². The zero-order chi connectivity index (χ0) is 29.4. The summed E-state index contributed by atoms with van der Waals surface area (Å²) in [7, 11) is 0. The second-order valence-electron chi connectivity index (χ2n) is 10.8. The van der Waals surface area contributed by atoms with Gasteiger partial charge in [0.15, 0.2) is 0 Å². The molecule has 2 unspecified atom stereocenters. The lowest BCUT2D eigenvalue weighted by molar-refractivity contribution is -0.136. The molecule has 0 saturated heterocycles. The monoisotopic (exact) mass is 594 g/mol. The van der Waals surface area contributed by atoms with Gasteiger partial charge < -0.3 is 15.7 Å². The van der Waals surface area contributed by atoms with Crippen molar-refractivity contribution in [3.05, 3.63) is 105 Å². The smallest absolute Gasteiger partial charge is 0.305 e. The average molecular weight is 596 g/mol. The summed E-state index contributed by atoms with van der Waals surface area (Å²) < 4.78 is 0. The lowest BCUT2D eigenvalue weighted by Crippen LogP contribution is -2.32. The van der Waals surface area contributed by atoms with Gasteiger partial charge >= 0.3 is 5.97 Å². The molecule has 216 valence electrons. The molecule has 1 aliphatic rings. The number of benzene rings is 3. The molecule has 0 radical (unpaired) electrons. The average Bonchev–Trinajstić information content (AvgIpc) is 2.98. The summed E-state index contributed by atoms with van der Waals surface area (Å²) in [6.45, 7) is 1.98. The van der Waals surface area contributed by atoms with Crippen molar-refractivity contribution >= 4 is 41.0 Å². The highest BCUT2D eigenvalue weighted by Crippen LogP contribution is 2.34. The fraction of sp³-hybridized carbons (Fsp3) is 0.364. The van der Waals surface area contributed by atoms with Crippen molar-refractivity contribution in [2.24, 2.45) is 0 Å². The Morgan fingerprint density at radius 1 is 0.878 bits per heavy atom. The molecule has 0 heterocycles. The SMILES string of the molecule is CC(NC(=O)C(Cc1ccc(C(=O)NCCC(=O)O)cc1)c1ccc(C2CCCCC2)cc1)c1ccc(Cl)c(Cl)c1. The largest absolute Gasteiger partial charge is 0.481 e. The lowest BCUT2D eigenvalue weighted by atomic mass is 9.83. The predicted octanol–water partition coefficient (Wildman–Crippen LogP) is 7.45. The number of carboxylic acid groups (broad SMARTS) is 1. The lowest BCUT2D eigenvalue weighted by Gasteiger charge is -2.24. The summed E-state index contributed by atoms with van der Waals surface area (Å²) in [6, 6.07) is 20.6. The Morgan fingerprint density at radius 3 is 2.17 bits per heavy atom. The normalized spacial score (nSPS) is 15.1. The highest BCUT2D eigenvalue weighted by atomic mass is 35.5. The van der Waals surface area contributed by atoms with Crippen molar-refractivity contribution in [3.8, 4) is 0 Å². The summed E-state index contributed by atoms with van der Waals surface area (Å²) in [6.07, 6.45) is 6.55. The van der Waals surface area contributed by atoms with Crippen molar-refractivity contribution < 1.29 is 19.5 Å². The third-order valence-corrected chi connectivity index (χ3v) is 8.55. The number of hydrogen-bond donors (Lipinski definition) is 3. The van der Waals surface area contributed by atoms with E-state index in [1.54, 1.807) is 24.3 Å². The van der Waals surface area contributed by atoms with Crippen LogP contribution in [-0.4, -0.2) is 29.4 Å². The Bertz CT molecular complexity index is 1350. The first-order chi connectivity index (χ1) is 19.7. The number of halogens is 2. The van der Waals surface area contributed by atoms with E-state index in [4.69, 9.17) is 28.3 Å². The van der Waals surface area contributed by atoms with E-state index in [2.05, 4.69) is 34.9 Å². The minimum absolute atomic E-state index is 0.0615. The van der Waals surface area contributed by atoms with Crippen LogP contribution in [0.5, 0.6) is 0 Å². The number of carbonyl (C=O) groups excluding carboxylic acids is 2. The van der Waals surface area contributed by atoms with E-state index in [-0.39, 0.29) is 30.8 Å². The first-order valence-electron chi connectivity index (χ1n) is 14.2. The predicted molar refractivity (Wildman–Crippen MR) is 163 cm³/mol. The number of carboxylic acids is 1. The quantitative estimate of drug-likeness (QED) is 0.215. The highest BCUT2D eigenvalue weighted by molar-refractivity contribution is 6.42. The van der Waals surface area contributed by atoms with Gasteiger partial charge in [-0.2, -0.15) is 0 Å². The van der Waals surface area contributed by atoms with E-state index >= 15 is 0 Å². The maximum atomic E-state index is 13.7. The Morgan fingerprint density at radius 2 is 1.54 bits per heavy atom. The van der Waals surface area contributed by atoms with E-state index in [0.29, 0.717) is 27.9 Å². The topological polar surface area (TPSA) is 95.5 Å². The number of rotatable bonds is 11. The van der Waals surface area contributed by atoms with Gasteiger partial charge in [0.1, 0.15) is 0 Å². The molecule has 3 N–H and O–H groups in total. The molecule has 0 bridgehead atoms. The molecule has 2 amide bonds. The maximum absolute atomic E-state index is 13.7. The fourth-order valence-corrected chi connectivity index (χ4v) is 5.70. The zero-order valence-corrected chi connectivity index (χ0v) is 24.7. The summed E-state index contributed by atoms with van der Waals surface area (Å²) in [4.78, 5) is 36.8. The molecule has 8 heteroatoms. The molecule has 1 aliphatic carbocycles. The minimum Gasteiger partial charge on any atom is -0.481 e. The Hall–Kier alpha value is -3.35. The molecular weight excluding hydrogens is 559 g/mol. The molecular formula is C33H36Cl2N2O4. The van der Waals surface area contributed by atoms with Gasteiger partial charge in [-0.05, 0) is 78.6 Å². The van der Waals surface area contributed by atoms with Gasteiger partial charge in [0, 0.05) is 12.1 Å². The van der Waals surface area contributed by atoms with E-state index in [0.717, 1.165) is 16.7 Å². The molecule has 0 aromatic heterocycles. The van der Waals surface area contributed by atoms with E-state index in [9.17, 15) is 14.4 Å². The van der Waals surface area contributed by atoms with Crippen LogP contribution in [0, 0.1) is 0 Å². The van der Waals surface area contributed by atoms with Crippen LogP contribution in [-0.2, 0) is 16.0 Å². The van der Waals surface area contributed by atoms with Crippen LogP contribution in [0.1, 0.15) is 95.9 Å². The molecule has 41 heavy (non-hydrogen) atoms. The van der Waals surface area contributed by atoms with Crippen LogP contribution in [0.3, 0.4) is 0 Å². The maximum Gasteiger partial charge on any atom is 0.305 e. The van der Waals surface area contributed by atoms with E-state index in [1.165, 1.54) is 37.7 Å². The highest BCUT2D eigenvalue weighted by Gasteiger charge is 2.24. The second kappa shape index (κ2) is 14.5. The first kappa shape index (κ1) is 30.6. The zero-order valence-electron chi connectivity index (χ0n) is 23.2. The Balaban J connectivity index is 1.52. The molecule has 2 atom stereocenters. The van der Waals surface area contributed by atoms with Crippen molar-refractivity contribution in [1.29, 1.82) is 0 Å². The van der Waals surface area contributed by atoms with Crippen LogP contribution in [0.4, 0.5) is 0 Å². The standard InChI is InChI=1S/C33H36Cl2N2O4/c1-21(27-15-16-29(34)30(35)20-27)37-33(41)28(25-13-11-24(12-14-25)23-5-3-2-4-6-23)19-22-7-9-26(10-8-22)32(40)36-18-17-31(38)39/h7-16,20-21,23,28H,2-6,17-19H2,1H3,(H,36,40)(H,37,41)(H,38,39). The molecule has 1 saturated carbocycles. The number of hydrogen-bond acceptors (Lipinski definition) is 3. The van der Waals surface area contributed by atoms with Crippen molar-refractivity contribution in [3.63, 3.8) is 0 Å². The number of aliphatic carboxylic acids is 1. The Labute approximate surface area is 251 Å². The summed E-state index contributed by atoms with van der Waals surface area (Å²) in [5.74, 6) is -1.28. The number of nitrogens with one attached hydrogen (secondary N) is 2. The van der Waals surface area contributed by atoms with Crippen molar-refractivity contribution in [2.75, 3.05) is 6.54 Å². The van der Waals surface area contributed by atoms with Crippen molar-refractivity contribution in [2.45, 2.75) is 69.7 Å². The van der Waals surface area contributed by atoms with Crippen LogP contribution in [0.15, 0.2) is 66.7 Å². The van der Waals surface area contributed by atoms with Crippen LogP contribution >= 0.6 is 23.2 Å². The molecule has 1 fully saturated rings. The fourth-order valence-electron chi connectivity index (χ4n) is 5.39.